The molecule has 1 saturated heterocycles. The highest BCUT2D eigenvalue weighted by molar-refractivity contribution is 5.06. The number of aromatic nitrogens is 7. The van der Waals surface area contributed by atoms with Gasteiger partial charge in [-0.25, -0.2) is 4.98 Å². The lowest BCUT2D eigenvalue weighted by Crippen LogP contribution is -2.33. The summed E-state index contributed by atoms with van der Waals surface area (Å²) in [4.78, 5) is 15.6. The van der Waals surface area contributed by atoms with Gasteiger partial charge in [-0.1, -0.05) is 0 Å². The summed E-state index contributed by atoms with van der Waals surface area (Å²) in [6.45, 7) is 10.7. The smallest absolute Gasteiger partial charge is 0.153 e. The number of hydrogen-bond donors (Lipinski definition) is 0. The lowest BCUT2D eigenvalue weighted by atomic mass is 9.95. The van der Waals surface area contributed by atoms with Gasteiger partial charge >= 0.3 is 0 Å². The van der Waals surface area contributed by atoms with Crippen molar-refractivity contribution < 1.29 is 0 Å². The first-order chi connectivity index (χ1) is 13.6. The molecule has 1 aliphatic rings. The molecule has 28 heavy (non-hydrogen) atoms. The van der Waals surface area contributed by atoms with E-state index in [0.29, 0.717) is 5.92 Å². The number of nitrogens with zero attached hydrogens (tertiary/aromatic N) is 8. The molecule has 0 amide bonds. The molecule has 0 unspecified atom stereocenters. The van der Waals surface area contributed by atoms with Crippen LogP contribution < -0.4 is 0 Å². The maximum atomic E-state index is 4.58. The van der Waals surface area contributed by atoms with Gasteiger partial charge in [0, 0.05) is 43.8 Å². The fourth-order valence-electron chi connectivity index (χ4n) is 3.92. The first-order valence-corrected chi connectivity index (χ1v) is 10.0. The highest BCUT2D eigenvalue weighted by Crippen LogP contribution is 2.28. The van der Waals surface area contributed by atoms with Crippen molar-refractivity contribution in [2.45, 2.75) is 59.2 Å². The number of piperidine rings is 1. The van der Waals surface area contributed by atoms with Crippen LogP contribution in [0.5, 0.6) is 0 Å². The van der Waals surface area contributed by atoms with Crippen LogP contribution in [0.15, 0.2) is 24.8 Å². The summed E-state index contributed by atoms with van der Waals surface area (Å²) < 4.78 is 4.40. The van der Waals surface area contributed by atoms with Gasteiger partial charge < -0.3 is 9.13 Å². The van der Waals surface area contributed by atoms with E-state index in [2.05, 4.69) is 46.1 Å². The van der Waals surface area contributed by atoms with Crippen molar-refractivity contribution in [3.05, 3.63) is 53.6 Å². The average molecular weight is 381 g/mol. The van der Waals surface area contributed by atoms with Crippen molar-refractivity contribution in [3.63, 3.8) is 0 Å². The van der Waals surface area contributed by atoms with Crippen LogP contribution in [0.25, 0.3) is 0 Å². The van der Waals surface area contributed by atoms with E-state index in [4.69, 9.17) is 0 Å². The van der Waals surface area contributed by atoms with Crippen LogP contribution in [0, 0.1) is 13.8 Å². The number of aryl methyl sites for hydroxylation is 2. The molecule has 148 valence electrons. The third kappa shape index (κ3) is 3.96. The molecule has 3 aromatic rings. The molecule has 8 nitrogen and oxygen atoms in total. The van der Waals surface area contributed by atoms with Gasteiger partial charge in [-0.05, 0) is 46.7 Å². The second-order valence-electron chi connectivity index (χ2n) is 7.52. The molecular weight excluding hydrogens is 352 g/mol. The van der Waals surface area contributed by atoms with E-state index in [0.717, 1.165) is 74.4 Å². The molecule has 8 heteroatoms. The lowest BCUT2D eigenvalue weighted by molar-refractivity contribution is 0.197. The van der Waals surface area contributed by atoms with Crippen LogP contribution >= 0.6 is 0 Å². The molecular formula is C20H28N8. The topological polar surface area (TPSA) is 77.5 Å². The van der Waals surface area contributed by atoms with Gasteiger partial charge in [-0.15, -0.1) is 10.2 Å². The minimum absolute atomic E-state index is 0.463. The number of rotatable bonds is 6. The predicted octanol–water partition coefficient (Wildman–Crippen LogP) is 2.33. The maximum absolute atomic E-state index is 4.58. The molecule has 0 aromatic carbocycles. The Balaban J connectivity index is 1.40. The highest BCUT2D eigenvalue weighted by Gasteiger charge is 2.26. The molecule has 0 radical (unpaired) electrons. The molecule has 3 aromatic heterocycles. The molecule has 0 N–H and O–H groups in total. The molecule has 0 atom stereocenters. The van der Waals surface area contributed by atoms with E-state index >= 15 is 0 Å². The summed E-state index contributed by atoms with van der Waals surface area (Å²) in [6.07, 6.45) is 9.76. The standard InChI is InChI=1S/C20H28N8/c1-4-28-19(14-27-10-7-21-16(27)3)24-25-20(28)17-5-8-26(9-6-17)13-18-12-22-15(2)11-23-18/h7,10-12,17H,4-6,8-9,13-14H2,1-3H3. The Bertz CT molecular complexity index is 903. The summed E-state index contributed by atoms with van der Waals surface area (Å²) in [6, 6.07) is 0. The lowest BCUT2D eigenvalue weighted by Gasteiger charge is -2.31. The van der Waals surface area contributed by atoms with Gasteiger partial charge in [-0.3, -0.25) is 14.9 Å². The zero-order valence-electron chi connectivity index (χ0n) is 16.9. The Morgan fingerprint density at radius 2 is 1.82 bits per heavy atom. The van der Waals surface area contributed by atoms with Crippen molar-refractivity contribution in [1.29, 1.82) is 0 Å². The maximum Gasteiger partial charge on any atom is 0.153 e. The SMILES string of the molecule is CCn1c(Cn2ccnc2C)nnc1C1CCN(Cc2cnc(C)cn2)CC1. The van der Waals surface area contributed by atoms with Crippen molar-refractivity contribution in [2.24, 2.45) is 0 Å². The van der Waals surface area contributed by atoms with Crippen LogP contribution in [0.2, 0.25) is 0 Å². The van der Waals surface area contributed by atoms with Gasteiger partial charge in [0.15, 0.2) is 5.82 Å². The molecule has 0 spiro atoms. The summed E-state index contributed by atoms with van der Waals surface area (Å²) in [7, 11) is 0. The first-order valence-electron chi connectivity index (χ1n) is 10.0. The van der Waals surface area contributed by atoms with Crippen molar-refractivity contribution in [2.75, 3.05) is 13.1 Å². The monoisotopic (exact) mass is 380 g/mol. The second-order valence-corrected chi connectivity index (χ2v) is 7.52. The van der Waals surface area contributed by atoms with Gasteiger partial charge in [0.1, 0.15) is 11.6 Å². The third-order valence-corrected chi connectivity index (χ3v) is 5.58. The second kappa shape index (κ2) is 8.18. The van der Waals surface area contributed by atoms with Gasteiger partial charge in [-0.2, -0.15) is 0 Å². The van der Waals surface area contributed by atoms with Crippen LogP contribution in [0.3, 0.4) is 0 Å². The number of imidazole rings is 1. The summed E-state index contributed by atoms with van der Waals surface area (Å²) in [5.41, 5.74) is 2.00. The molecule has 0 saturated carbocycles. The van der Waals surface area contributed by atoms with Crippen LogP contribution in [-0.4, -0.2) is 52.3 Å². The Morgan fingerprint density at radius 3 is 2.46 bits per heavy atom. The van der Waals surface area contributed by atoms with E-state index in [1.54, 1.807) is 0 Å². The number of likely N-dealkylation sites (tertiary alicyclic amines) is 1. The molecule has 0 aliphatic carbocycles. The molecule has 4 rings (SSSR count). The van der Waals surface area contributed by atoms with Crippen LogP contribution in [0.1, 0.15) is 54.5 Å². The molecule has 1 fully saturated rings. The van der Waals surface area contributed by atoms with Crippen LogP contribution in [0.4, 0.5) is 0 Å². The average Bonchev–Trinajstić information content (AvgIpc) is 3.30. The summed E-state index contributed by atoms with van der Waals surface area (Å²) in [5.74, 6) is 3.60. The molecule has 0 bridgehead atoms. The highest BCUT2D eigenvalue weighted by atomic mass is 15.3. The van der Waals surface area contributed by atoms with E-state index in [9.17, 15) is 0 Å². The van der Waals surface area contributed by atoms with Gasteiger partial charge in [0.25, 0.3) is 0 Å². The van der Waals surface area contributed by atoms with E-state index in [1.807, 2.05) is 38.6 Å². The first kappa shape index (κ1) is 18.7. The molecule has 1 aliphatic heterocycles. The zero-order valence-corrected chi connectivity index (χ0v) is 16.9. The van der Waals surface area contributed by atoms with E-state index in [1.165, 1.54) is 0 Å². The largest absolute Gasteiger partial charge is 0.328 e. The summed E-state index contributed by atoms with van der Waals surface area (Å²) in [5, 5.41) is 9.08. The van der Waals surface area contributed by atoms with Crippen molar-refractivity contribution in [1.82, 2.24) is 39.2 Å². The Kier molecular flexibility index (Phi) is 5.47. The predicted molar refractivity (Wildman–Crippen MR) is 106 cm³/mol. The fraction of sp³-hybridized carbons (Fsp3) is 0.550. The Labute approximate surface area is 165 Å². The zero-order chi connectivity index (χ0) is 19.5. The summed E-state index contributed by atoms with van der Waals surface area (Å²) >= 11 is 0. The van der Waals surface area contributed by atoms with Crippen molar-refractivity contribution >= 4 is 0 Å². The van der Waals surface area contributed by atoms with Crippen LogP contribution in [-0.2, 0) is 19.6 Å². The Hall–Kier alpha value is -2.61. The van der Waals surface area contributed by atoms with E-state index in [-0.39, 0.29) is 0 Å². The Morgan fingerprint density at radius 1 is 1.00 bits per heavy atom. The normalized spacial score (nSPS) is 16.0. The minimum atomic E-state index is 0.463. The minimum Gasteiger partial charge on any atom is -0.328 e. The quantitative estimate of drug-likeness (QED) is 0.653. The van der Waals surface area contributed by atoms with Crippen molar-refractivity contribution in [3.8, 4) is 0 Å². The van der Waals surface area contributed by atoms with Gasteiger partial charge in [0.05, 0.1) is 17.9 Å². The third-order valence-electron chi connectivity index (χ3n) is 5.58. The van der Waals surface area contributed by atoms with E-state index < -0.39 is 0 Å². The fourth-order valence-corrected chi connectivity index (χ4v) is 3.92. The van der Waals surface area contributed by atoms with Gasteiger partial charge in [0.2, 0.25) is 0 Å². The molecule has 4 heterocycles. The number of hydrogen-bond acceptors (Lipinski definition) is 6.